The lowest BCUT2D eigenvalue weighted by Crippen LogP contribution is -2.49. The van der Waals surface area contributed by atoms with Crippen molar-refractivity contribution in [3.8, 4) is 0 Å². The molecule has 7 nitrogen and oxygen atoms in total. The van der Waals surface area contributed by atoms with Crippen LogP contribution in [0.25, 0.3) is 0 Å². The van der Waals surface area contributed by atoms with Gasteiger partial charge in [0.05, 0.1) is 10.6 Å². The Labute approximate surface area is 154 Å². The lowest BCUT2D eigenvalue weighted by atomic mass is 10.1. The number of aromatic nitrogens is 2. The summed E-state index contributed by atoms with van der Waals surface area (Å²) in [6, 6.07) is 7.49. The zero-order valence-corrected chi connectivity index (χ0v) is 14.8. The zero-order valence-electron chi connectivity index (χ0n) is 14.1. The topological polar surface area (TPSA) is 78.4 Å². The Bertz CT molecular complexity index is 802. The van der Waals surface area contributed by atoms with Crippen molar-refractivity contribution < 1.29 is 14.0 Å². The summed E-state index contributed by atoms with van der Waals surface area (Å²) in [4.78, 5) is 27.6. The van der Waals surface area contributed by atoms with Crippen molar-refractivity contribution in [2.45, 2.75) is 0 Å². The molecule has 1 N–H and O–H groups in total. The molecule has 3 rings (SSSR count). The number of hydrogen-bond donors (Lipinski definition) is 1. The van der Waals surface area contributed by atoms with E-state index in [1.54, 1.807) is 17.0 Å². The third kappa shape index (κ3) is 3.60. The highest BCUT2D eigenvalue weighted by Crippen LogP contribution is 2.22. The van der Waals surface area contributed by atoms with Crippen LogP contribution in [0.1, 0.15) is 20.8 Å². The summed E-state index contributed by atoms with van der Waals surface area (Å²) in [5.41, 5.74) is 0.136. The van der Waals surface area contributed by atoms with Gasteiger partial charge in [0.2, 0.25) is 0 Å². The van der Waals surface area contributed by atoms with Crippen LogP contribution in [0.3, 0.4) is 0 Å². The molecule has 0 saturated carbocycles. The predicted molar refractivity (Wildman–Crippen MR) is 94.9 cm³/mol. The fraction of sp³-hybridized carbons (Fsp3) is 0.294. The standard InChI is InChI=1S/C17H17ClFN5O2/c1-20-16(25)13-5-6-14(22-21-13)23-7-9-24(10-8-23)17(26)15-11(18)3-2-4-12(15)19/h2-6H,7-10H2,1H3,(H,20,25). The van der Waals surface area contributed by atoms with Gasteiger partial charge in [-0.1, -0.05) is 17.7 Å². The molecule has 1 fully saturated rings. The second-order valence-electron chi connectivity index (χ2n) is 5.73. The fourth-order valence-corrected chi connectivity index (χ4v) is 2.99. The lowest BCUT2D eigenvalue weighted by Gasteiger charge is -2.35. The van der Waals surface area contributed by atoms with Crippen LogP contribution in [0.5, 0.6) is 0 Å². The molecule has 1 aliphatic rings. The molecular formula is C17H17ClFN5O2. The van der Waals surface area contributed by atoms with Crippen LogP contribution in [-0.2, 0) is 0 Å². The molecule has 2 aromatic rings. The number of benzene rings is 1. The third-order valence-electron chi connectivity index (χ3n) is 4.18. The highest BCUT2D eigenvalue weighted by molar-refractivity contribution is 6.33. The minimum Gasteiger partial charge on any atom is -0.354 e. The van der Waals surface area contributed by atoms with Gasteiger partial charge in [-0.05, 0) is 24.3 Å². The summed E-state index contributed by atoms with van der Waals surface area (Å²) in [5.74, 6) is -0.732. The molecule has 1 saturated heterocycles. The average molecular weight is 378 g/mol. The van der Waals surface area contributed by atoms with Gasteiger partial charge in [0.15, 0.2) is 11.5 Å². The van der Waals surface area contributed by atoms with Gasteiger partial charge >= 0.3 is 0 Å². The summed E-state index contributed by atoms with van der Waals surface area (Å²) in [6.45, 7) is 1.85. The van der Waals surface area contributed by atoms with E-state index >= 15 is 0 Å². The van der Waals surface area contributed by atoms with E-state index < -0.39 is 11.7 Å². The van der Waals surface area contributed by atoms with Crippen molar-refractivity contribution in [3.05, 3.63) is 52.4 Å². The van der Waals surface area contributed by atoms with Crippen molar-refractivity contribution in [2.24, 2.45) is 0 Å². The van der Waals surface area contributed by atoms with Gasteiger partial charge in [0.1, 0.15) is 5.82 Å². The van der Waals surface area contributed by atoms with Crippen LogP contribution >= 0.6 is 11.6 Å². The molecular weight excluding hydrogens is 361 g/mol. The van der Waals surface area contributed by atoms with Crippen LogP contribution in [0.2, 0.25) is 5.02 Å². The molecule has 0 bridgehead atoms. The number of carbonyl (C=O) groups is 2. The van der Waals surface area contributed by atoms with Gasteiger partial charge in [-0.15, -0.1) is 10.2 Å². The first kappa shape index (κ1) is 18.1. The smallest absolute Gasteiger partial charge is 0.271 e. The van der Waals surface area contributed by atoms with Crippen LogP contribution in [0.15, 0.2) is 30.3 Å². The van der Waals surface area contributed by atoms with E-state index in [2.05, 4.69) is 15.5 Å². The first-order chi connectivity index (χ1) is 12.5. The monoisotopic (exact) mass is 377 g/mol. The zero-order chi connectivity index (χ0) is 18.7. The van der Waals surface area contributed by atoms with Gasteiger partial charge in [0, 0.05) is 33.2 Å². The minimum atomic E-state index is -0.624. The second kappa shape index (κ2) is 7.65. The summed E-state index contributed by atoms with van der Waals surface area (Å²) < 4.78 is 13.9. The van der Waals surface area contributed by atoms with E-state index in [1.165, 1.54) is 25.2 Å². The van der Waals surface area contributed by atoms with E-state index in [0.29, 0.717) is 32.0 Å². The number of piperazine rings is 1. The van der Waals surface area contributed by atoms with Gasteiger partial charge < -0.3 is 15.1 Å². The van der Waals surface area contributed by atoms with Crippen molar-refractivity contribution in [3.63, 3.8) is 0 Å². The Balaban J connectivity index is 1.66. The molecule has 0 radical (unpaired) electrons. The molecule has 26 heavy (non-hydrogen) atoms. The molecule has 1 aliphatic heterocycles. The summed E-state index contributed by atoms with van der Waals surface area (Å²) in [6.07, 6.45) is 0. The van der Waals surface area contributed by atoms with Crippen molar-refractivity contribution in [1.29, 1.82) is 0 Å². The molecule has 9 heteroatoms. The Morgan fingerprint density at radius 1 is 1.12 bits per heavy atom. The highest BCUT2D eigenvalue weighted by atomic mass is 35.5. The fourth-order valence-electron chi connectivity index (χ4n) is 2.74. The summed E-state index contributed by atoms with van der Waals surface area (Å²) >= 11 is 5.97. The highest BCUT2D eigenvalue weighted by Gasteiger charge is 2.26. The maximum absolute atomic E-state index is 13.9. The van der Waals surface area contributed by atoms with E-state index in [-0.39, 0.29) is 22.2 Å². The Kier molecular flexibility index (Phi) is 5.32. The van der Waals surface area contributed by atoms with Gasteiger partial charge in [0.25, 0.3) is 11.8 Å². The third-order valence-corrected chi connectivity index (χ3v) is 4.49. The van der Waals surface area contributed by atoms with Crippen LogP contribution in [0.4, 0.5) is 10.2 Å². The van der Waals surface area contributed by atoms with E-state index in [1.807, 2.05) is 4.90 Å². The molecule has 136 valence electrons. The van der Waals surface area contributed by atoms with Gasteiger partial charge in [-0.25, -0.2) is 4.39 Å². The number of halogens is 2. The largest absolute Gasteiger partial charge is 0.354 e. The summed E-state index contributed by atoms with van der Waals surface area (Å²) in [7, 11) is 1.52. The predicted octanol–water partition coefficient (Wildman–Crippen LogP) is 1.59. The lowest BCUT2D eigenvalue weighted by molar-refractivity contribution is 0.0741. The number of carbonyl (C=O) groups excluding carboxylic acids is 2. The Morgan fingerprint density at radius 2 is 1.85 bits per heavy atom. The molecule has 0 spiro atoms. The SMILES string of the molecule is CNC(=O)c1ccc(N2CCN(C(=O)c3c(F)cccc3Cl)CC2)nn1. The van der Waals surface area contributed by atoms with E-state index in [9.17, 15) is 14.0 Å². The maximum atomic E-state index is 13.9. The minimum absolute atomic E-state index is 0.0997. The molecule has 1 aromatic carbocycles. The quantitative estimate of drug-likeness (QED) is 0.878. The Morgan fingerprint density at radius 3 is 2.42 bits per heavy atom. The molecule has 2 heterocycles. The number of nitrogens with one attached hydrogen (secondary N) is 1. The number of nitrogens with zero attached hydrogens (tertiary/aromatic N) is 4. The molecule has 0 unspecified atom stereocenters. The average Bonchev–Trinajstić information content (AvgIpc) is 2.67. The van der Waals surface area contributed by atoms with E-state index in [4.69, 9.17) is 11.6 Å². The Hall–Kier alpha value is -2.74. The van der Waals surface area contributed by atoms with Crippen LogP contribution in [0, 0.1) is 5.82 Å². The molecule has 0 atom stereocenters. The first-order valence-electron chi connectivity index (χ1n) is 8.05. The number of amides is 2. The first-order valence-corrected chi connectivity index (χ1v) is 8.43. The molecule has 0 aliphatic carbocycles. The number of rotatable bonds is 3. The summed E-state index contributed by atoms with van der Waals surface area (Å²) in [5, 5.41) is 10.5. The second-order valence-corrected chi connectivity index (χ2v) is 6.14. The van der Waals surface area contributed by atoms with Gasteiger partial charge in [-0.3, -0.25) is 9.59 Å². The van der Waals surface area contributed by atoms with Crippen LogP contribution in [-0.4, -0.2) is 60.1 Å². The molecule has 1 aromatic heterocycles. The van der Waals surface area contributed by atoms with E-state index in [0.717, 1.165) is 0 Å². The van der Waals surface area contributed by atoms with Crippen molar-refractivity contribution in [1.82, 2.24) is 20.4 Å². The number of hydrogen-bond acceptors (Lipinski definition) is 5. The maximum Gasteiger partial charge on any atom is 0.271 e. The molecule has 2 amide bonds. The number of anilines is 1. The van der Waals surface area contributed by atoms with Crippen molar-refractivity contribution >= 4 is 29.2 Å². The van der Waals surface area contributed by atoms with Crippen molar-refractivity contribution in [2.75, 3.05) is 38.1 Å². The van der Waals surface area contributed by atoms with Crippen LogP contribution < -0.4 is 10.2 Å². The normalized spacial score (nSPS) is 14.3. The van der Waals surface area contributed by atoms with Gasteiger partial charge in [-0.2, -0.15) is 0 Å².